The van der Waals surface area contributed by atoms with Gasteiger partial charge in [-0.1, -0.05) is 50.1 Å². The second-order valence-electron chi connectivity index (χ2n) is 3.94. The monoisotopic (exact) mass is 330 g/mol. The maximum atomic E-state index is 11.8. The number of Topliss-reactive ketones (excluding diaryl/α,β-unsaturated/α-hetero) is 1. The summed E-state index contributed by atoms with van der Waals surface area (Å²) in [6.45, 7) is 0. The first-order valence-corrected chi connectivity index (χ1v) is 6.80. The predicted octanol–water partition coefficient (Wildman–Crippen LogP) is 3.73. The Balaban J connectivity index is 2.01. The first-order valence-electron chi connectivity index (χ1n) is 5.09. The maximum absolute atomic E-state index is 11.8. The molecule has 1 nitrogen and oxygen atoms in total. The average Bonchev–Trinajstić information content (AvgIpc) is 3.04. The highest BCUT2D eigenvalue weighted by molar-refractivity contribution is 9.10. The van der Waals surface area contributed by atoms with Gasteiger partial charge < -0.3 is 0 Å². The fraction of sp³-hybridized carbons (Fsp3) is 0.417. The molecule has 1 aliphatic rings. The third kappa shape index (κ3) is 2.91. The first-order chi connectivity index (χ1) is 7.18. The van der Waals surface area contributed by atoms with Crippen LogP contribution in [0.5, 0.6) is 0 Å². The van der Waals surface area contributed by atoms with E-state index in [1.54, 1.807) is 0 Å². The molecule has 2 rings (SSSR count). The lowest BCUT2D eigenvalue weighted by Gasteiger charge is -2.09. The Morgan fingerprint density at radius 2 is 2.07 bits per heavy atom. The molecule has 1 atom stereocenters. The van der Waals surface area contributed by atoms with E-state index in [2.05, 4.69) is 37.9 Å². The summed E-state index contributed by atoms with van der Waals surface area (Å²) < 4.78 is 1.08. The van der Waals surface area contributed by atoms with E-state index in [1.165, 1.54) is 5.56 Å². The van der Waals surface area contributed by atoms with Crippen LogP contribution in [-0.2, 0) is 11.2 Å². The van der Waals surface area contributed by atoms with Gasteiger partial charge in [0.2, 0.25) is 0 Å². The predicted molar refractivity (Wildman–Crippen MR) is 68.3 cm³/mol. The van der Waals surface area contributed by atoms with Crippen molar-refractivity contribution in [1.29, 1.82) is 0 Å². The van der Waals surface area contributed by atoms with Crippen LogP contribution in [0, 0.1) is 5.92 Å². The van der Waals surface area contributed by atoms with Crippen molar-refractivity contribution < 1.29 is 4.79 Å². The Kier molecular flexibility index (Phi) is 3.62. The second kappa shape index (κ2) is 4.79. The van der Waals surface area contributed by atoms with Crippen molar-refractivity contribution in [3.8, 4) is 0 Å². The summed E-state index contributed by atoms with van der Waals surface area (Å²) in [4.78, 5) is 11.7. The van der Waals surface area contributed by atoms with Crippen LogP contribution < -0.4 is 0 Å². The normalized spacial score (nSPS) is 17.5. The van der Waals surface area contributed by atoms with E-state index < -0.39 is 0 Å². The van der Waals surface area contributed by atoms with E-state index in [0.717, 1.165) is 23.7 Å². The first kappa shape index (κ1) is 11.3. The van der Waals surface area contributed by atoms with E-state index in [0.29, 0.717) is 11.7 Å². The molecule has 0 radical (unpaired) electrons. The molecule has 1 aromatic rings. The minimum Gasteiger partial charge on any atom is -0.298 e. The maximum Gasteiger partial charge on any atom is 0.149 e. The molecule has 1 fully saturated rings. The average molecular weight is 332 g/mol. The highest BCUT2D eigenvalue weighted by Crippen LogP contribution is 2.33. The van der Waals surface area contributed by atoms with Crippen LogP contribution in [0.2, 0.25) is 0 Å². The lowest BCUT2D eigenvalue weighted by Crippen LogP contribution is -2.18. The molecule has 1 aliphatic carbocycles. The topological polar surface area (TPSA) is 17.1 Å². The zero-order chi connectivity index (χ0) is 10.8. The van der Waals surface area contributed by atoms with E-state index in [1.807, 2.05) is 18.2 Å². The largest absolute Gasteiger partial charge is 0.298 e. The van der Waals surface area contributed by atoms with Gasteiger partial charge in [0.25, 0.3) is 0 Å². The minimum absolute atomic E-state index is 0.0244. The van der Waals surface area contributed by atoms with Gasteiger partial charge in [0, 0.05) is 10.4 Å². The molecular formula is C12H12Br2O. The Morgan fingerprint density at radius 3 is 2.67 bits per heavy atom. The molecule has 0 aliphatic heterocycles. The van der Waals surface area contributed by atoms with Gasteiger partial charge in [-0.15, -0.1) is 0 Å². The minimum atomic E-state index is -0.0244. The number of alkyl halides is 1. The van der Waals surface area contributed by atoms with E-state index >= 15 is 0 Å². The number of halogens is 2. The lowest BCUT2D eigenvalue weighted by atomic mass is 10.1. The molecule has 0 bridgehead atoms. The smallest absolute Gasteiger partial charge is 0.149 e. The van der Waals surface area contributed by atoms with Crippen LogP contribution in [0.3, 0.4) is 0 Å². The van der Waals surface area contributed by atoms with Crippen LogP contribution in [0.15, 0.2) is 28.7 Å². The lowest BCUT2D eigenvalue weighted by molar-refractivity contribution is -0.119. The summed E-state index contributed by atoms with van der Waals surface area (Å²) in [5.41, 5.74) is 1.19. The molecular weight excluding hydrogens is 320 g/mol. The fourth-order valence-corrected chi connectivity index (χ4v) is 2.75. The van der Waals surface area contributed by atoms with Gasteiger partial charge in [0.15, 0.2) is 0 Å². The van der Waals surface area contributed by atoms with Crippen LogP contribution in [0.1, 0.15) is 18.4 Å². The molecule has 80 valence electrons. The van der Waals surface area contributed by atoms with Crippen molar-refractivity contribution in [3.05, 3.63) is 34.3 Å². The van der Waals surface area contributed by atoms with Gasteiger partial charge in [-0.3, -0.25) is 4.79 Å². The number of hydrogen-bond donors (Lipinski definition) is 0. The van der Waals surface area contributed by atoms with Crippen LogP contribution in [-0.4, -0.2) is 10.6 Å². The highest BCUT2D eigenvalue weighted by Gasteiger charge is 2.33. The molecule has 15 heavy (non-hydrogen) atoms. The van der Waals surface area contributed by atoms with E-state index in [9.17, 15) is 4.79 Å². The molecule has 0 aromatic heterocycles. The third-order valence-corrected chi connectivity index (χ3v) is 4.19. The third-order valence-electron chi connectivity index (χ3n) is 2.65. The summed E-state index contributed by atoms with van der Waals surface area (Å²) in [5, 5.41) is 0. The van der Waals surface area contributed by atoms with Gasteiger partial charge in [-0.25, -0.2) is 0 Å². The Labute approximate surface area is 107 Å². The number of ketones is 1. The van der Waals surface area contributed by atoms with E-state index in [4.69, 9.17) is 0 Å². The number of hydrogen-bond acceptors (Lipinski definition) is 1. The summed E-state index contributed by atoms with van der Waals surface area (Å²) in [7, 11) is 0. The molecule has 1 unspecified atom stereocenters. The molecule has 3 heteroatoms. The van der Waals surface area contributed by atoms with Gasteiger partial charge in [-0.2, -0.15) is 0 Å². The Bertz CT molecular complexity index is 372. The molecule has 0 amide bonds. The number of carbonyl (C=O) groups is 1. The van der Waals surface area contributed by atoms with Gasteiger partial charge in [0.05, 0.1) is 4.83 Å². The zero-order valence-corrected chi connectivity index (χ0v) is 11.4. The van der Waals surface area contributed by atoms with Crippen LogP contribution in [0.4, 0.5) is 0 Å². The summed E-state index contributed by atoms with van der Waals surface area (Å²) in [5.74, 6) is 0.697. The molecule has 1 aromatic carbocycles. The van der Waals surface area contributed by atoms with Crippen molar-refractivity contribution >= 4 is 37.6 Å². The molecule has 1 saturated carbocycles. The van der Waals surface area contributed by atoms with Gasteiger partial charge >= 0.3 is 0 Å². The van der Waals surface area contributed by atoms with Gasteiger partial charge in [0.1, 0.15) is 5.78 Å². The van der Waals surface area contributed by atoms with Gasteiger partial charge in [-0.05, 0) is 30.9 Å². The van der Waals surface area contributed by atoms with Crippen LogP contribution >= 0.6 is 31.9 Å². The summed E-state index contributed by atoms with van der Waals surface area (Å²) in [6, 6.07) is 8.05. The molecule has 0 heterocycles. The van der Waals surface area contributed by atoms with Crippen LogP contribution in [0.25, 0.3) is 0 Å². The quantitative estimate of drug-likeness (QED) is 0.768. The number of rotatable bonds is 4. The van der Waals surface area contributed by atoms with Crippen molar-refractivity contribution in [2.45, 2.75) is 24.1 Å². The zero-order valence-electron chi connectivity index (χ0n) is 8.25. The Hall–Kier alpha value is -0.150. The summed E-state index contributed by atoms with van der Waals surface area (Å²) >= 11 is 6.98. The molecule has 0 saturated heterocycles. The van der Waals surface area contributed by atoms with Crippen molar-refractivity contribution in [2.24, 2.45) is 5.92 Å². The van der Waals surface area contributed by atoms with Crippen molar-refractivity contribution in [2.75, 3.05) is 0 Å². The number of carbonyl (C=O) groups excluding carboxylic acids is 1. The van der Waals surface area contributed by atoms with E-state index in [-0.39, 0.29) is 4.83 Å². The highest BCUT2D eigenvalue weighted by atomic mass is 79.9. The number of benzene rings is 1. The Morgan fingerprint density at radius 1 is 1.40 bits per heavy atom. The second-order valence-corrected chi connectivity index (χ2v) is 5.90. The van der Waals surface area contributed by atoms with Crippen molar-refractivity contribution in [3.63, 3.8) is 0 Å². The SMILES string of the molecule is O=C(C(Br)Cc1ccccc1Br)C1CC1. The molecule has 0 N–H and O–H groups in total. The van der Waals surface area contributed by atoms with Crippen molar-refractivity contribution in [1.82, 2.24) is 0 Å². The summed E-state index contributed by atoms with van der Waals surface area (Å²) in [6.07, 6.45) is 2.94. The fourth-order valence-electron chi connectivity index (χ4n) is 1.58. The molecule has 0 spiro atoms. The standard InChI is InChI=1S/C12H12Br2O/c13-10-4-2-1-3-9(10)7-11(14)12(15)8-5-6-8/h1-4,8,11H,5-7H2.